The first-order valence-electron chi connectivity index (χ1n) is 12.4. The van der Waals surface area contributed by atoms with E-state index in [0.29, 0.717) is 11.7 Å². The minimum absolute atomic E-state index is 0.212. The van der Waals surface area contributed by atoms with Crippen molar-refractivity contribution in [2.24, 2.45) is 5.10 Å². The molecule has 38 heavy (non-hydrogen) atoms. The summed E-state index contributed by atoms with van der Waals surface area (Å²) in [6.45, 7) is 4.33. The van der Waals surface area contributed by atoms with Crippen LogP contribution in [-0.2, 0) is 11.3 Å². The van der Waals surface area contributed by atoms with Crippen molar-refractivity contribution in [1.29, 1.82) is 0 Å². The molecule has 1 aromatic heterocycles. The third kappa shape index (κ3) is 5.92. The molecule has 0 spiro atoms. The number of hydrogen-bond acceptors (Lipinski definition) is 6. The number of thioether (sulfide) groups is 1. The molecule has 0 aliphatic rings. The molecule has 4 aromatic carbocycles. The van der Waals surface area contributed by atoms with E-state index in [0.717, 1.165) is 28.1 Å². The molecule has 190 valence electrons. The number of nitrogens with one attached hydrogen (secondary N) is 2. The third-order valence-corrected chi connectivity index (χ3v) is 7.10. The van der Waals surface area contributed by atoms with Crippen LogP contribution in [0.1, 0.15) is 23.9 Å². The van der Waals surface area contributed by atoms with Gasteiger partial charge in [-0.1, -0.05) is 96.2 Å². The lowest BCUT2D eigenvalue weighted by Crippen LogP contribution is -2.27. The molecule has 1 atom stereocenters. The molecule has 0 unspecified atom stereocenters. The Balaban J connectivity index is 1.32. The predicted octanol–water partition coefficient (Wildman–Crippen LogP) is 5.97. The minimum Gasteiger partial charge on any atom is -0.377 e. The van der Waals surface area contributed by atoms with E-state index < -0.39 is 5.25 Å². The maximum Gasteiger partial charge on any atom is 0.253 e. The summed E-state index contributed by atoms with van der Waals surface area (Å²) in [5.41, 5.74) is 6.68. The second-order valence-corrected chi connectivity index (χ2v) is 10.2. The average molecular weight is 521 g/mol. The number of aromatic nitrogens is 3. The molecule has 5 rings (SSSR count). The number of anilines is 1. The molecular weight excluding hydrogens is 492 g/mol. The molecular formula is C30H28N6OS. The fourth-order valence-electron chi connectivity index (χ4n) is 4.01. The summed E-state index contributed by atoms with van der Waals surface area (Å²) in [5.74, 6) is 0.535. The van der Waals surface area contributed by atoms with Crippen LogP contribution in [0.4, 0.5) is 5.69 Å². The van der Waals surface area contributed by atoms with Crippen LogP contribution in [0.25, 0.3) is 16.5 Å². The summed E-state index contributed by atoms with van der Waals surface area (Å²) in [7, 11) is 0. The Morgan fingerprint density at radius 2 is 1.68 bits per heavy atom. The smallest absolute Gasteiger partial charge is 0.253 e. The Labute approximate surface area is 226 Å². The van der Waals surface area contributed by atoms with Gasteiger partial charge in [-0.2, -0.15) is 5.10 Å². The van der Waals surface area contributed by atoms with Gasteiger partial charge in [-0.3, -0.25) is 9.36 Å². The number of rotatable bonds is 9. The lowest BCUT2D eigenvalue weighted by Gasteiger charge is -2.14. The Hall–Kier alpha value is -4.43. The zero-order valence-electron chi connectivity index (χ0n) is 21.2. The van der Waals surface area contributed by atoms with Gasteiger partial charge in [-0.15, -0.1) is 10.2 Å². The first-order valence-corrected chi connectivity index (χ1v) is 13.2. The Kier molecular flexibility index (Phi) is 7.80. The highest BCUT2D eigenvalue weighted by molar-refractivity contribution is 8.00. The van der Waals surface area contributed by atoms with Gasteiger partial charge in [-0.25, -0.2) is 5.43 Å². The molecule has 5 aromatic rings. The number of hydrogen-bond donors (Lipinski definition) is 2. The van der Waals surface area contributed by atoms with E-state index in [1.807, 2.05) is 91.2 Å². The topological polar surface area (TPSA) is 84.2 Å². The van der Waals surface area contributed by atoms with Gasteiger partial charge in [0.15, 0.2) is 11.0 Å². The number of nitrogens with zero attached hydrogens (tertiary/aromatic N) is 4. The Morgan fingerprint density at radius 1 is 0.947 bits per heavy atom. The maximum atomic E-state index is 12.8. The van der Waals surface area contributed by atoms with Gasteiger partial charge in [0, 0.05) is 16.8 Å². The number of carbonyl (C=O) groups is 1. The van der Waals surface area contributed by atoms with Crippen molar-refractivity contribution in [3.05, 3.63) is 114 Å². The van der Waals surface area contributed by atoms with Crippen LogP contribution >= 0.6 is 11.8 Å². The number of hydrazone groups is 1. The molecule has 0 saturated heterocycles. The van der Waals surface area contributed by atoms with Crippen LogP contribution in [-0.4, -0.2) is 32.1 Å². The zero-order valence-corrected chi connectivity index (χ0v) is 22.0. The van der Waals surface area contributed by atoms with Crippen molar-refractivity contribution in [3.8, 4) is 5.69 Å². The number of benzene rings is 4. The minimum atomic E-state index is -0.435. The highest BCUT2D eigenvalue weighted by atomic mass is 32.2. The van der Waals surface area contributed by atoms with Gasteiger partial charge in [0.25, 0.3) is 5.91 Å². The van der Waals surface area contributed by atoms with Crippen molar-refractivity contribution in [1.82, 2.24) is 20.2 Å². The zero-order chi connectivity index (χ0) is 26.3. The van der Waals surface area contributed by atoms with Crippen LogP contribution in [0.15, 0.2) is 107 Å². The normalized spacial score (nSPS) is 12.1. The van der Waals surface area contributed by atoms with Crippen LogP contribution in [0.3, 0.4) is 0 Å². The van der Waals surface area contributed by atoms with Crippen LogP contribution in [0, 0.1) is 6.92 Å². The van der Waals surface area contributed by atoms with Crippen LogP contribution in [0.2, 0.25) is 0 Å². The van der Waals surface area contributed by atoms with Crippen molar-refractivity contribution >= 4 is 40.3 Å². The molecule has 0 fully saturated rings. The van der Waals surface area contributed by atoms with Gasteiger partial charge in [0.1, 0.15) is 0 Å². The molecule has 1 heterocycles. The van der Waals surface area contributed by atoms with E-state index in [-0.39, 0.29) is 5.91 Å². The van der Waals surface area contributed by atoms with Gasteiger partial charge in [0.2, 0.25) is 0 Å². The molecule has 0 saturated carbocycles. The summed E-state index contributed by atoms with van der Waals surface area (Å²) in [4.78, 5) is 12.8. The quantitative estimate of drug-likeness (QED) is 0.142. The van der Waals surface area contributed by atoms with E-state index in [9.17, 15) is 4.79 Å². The second-order valence-electron chi connectivity index (χ2n) is 8.86. The van der Waals surface area contributed by atoms with Gasteiger partial charge >= 0.3 is 0 Å². The van der Waals surface area contributed by atoms with Gasteiger partial charge < -0.3 is 5.32 Å². The summed E-state index contributed by atoms with van der Waals surface area (Å²) >= 11 is 1.34. The van der Waals surface area contributed by atoms with E-state index in [1.54, 1.807) is 6.21 Å². The Morgan fingerprint density at radius 3 is 2.50 bits per heavy atom. The summed E-state index contributed by atoms with van der Waals surface area (Å²) < 4.78 is 1.99. The maximum absolute atomic E-state index is 12.8. The molecule has 0 aliphatic carbocycles. The standard InChI is InChI=1S/C30H28N6OS/c1-21-15-17-23(18-16-21)19-32-34-29(37)22(2)38-30-35-33-28(36(30)25-11-4-3-5-12-25)20-31-27-14-8-10-24-9-6-7-13-26(24)27/h3-19,22,31H,20H2,1-2H3,(H,34,37)/t22-/m0/s1. The molecule has 2 N–H and O–H groups in total. The lowest BCUT2D eigenvalue weighted by molar-refractivity contribution is -0.120. The second kappa shape index (κ2) is 11.7. The summed E-state index contributed by atoms with van der Waals surface area (Å²) in [6, 6.07) is 32.3. The molecule has 8 heteroatoms. The predicted molar refractivity (Wildman–Crippen MR) is 155 cm³/mol. The van der Waals surface area contributed by atoms with Crippen molar-refractivity contribution in [3.63, 3.8) is 0 Å². The van der Waals surface area contributed by atoms with Crippen molar-refractivity contribution in [2.45, 2.75) is 30.8 Å². The van der Waals surface area contributed by atoms with E-state index >= 15 is 0 Å². The first kappa shape index (κ1) is 25.2. The summed E-state index contributed by atoms with van der Waals surface area (Å²) in [5, 5.41) is 19.1. The number of aryl methyl sites for hydroxylation is 1. The number of amides is 1. The molecule has 7 nitrogen and oxygen atoms in total. The largest absolute Gasteiger partial charge is 0.377 e. The molecule has 0 bridgehead atoms. The summed E-state index contributed by atoms with van der Waals surface area (Å²) in [6.07, 6.45) is 1.64. The first-order chi connectivity index (χ1) is 18.6. The average Bonchev–Trinajstić information content (AvgIpc) is 3.35. The number of fused-ring (bicyclic) bond motifs is 1. The van der Waals surface area contributed by atoms with E-state index in [1.165, 1.54) is 22.7 Å². The highest BCUT2D eigenvalue weighted by Gasteiger charge is 2.21. The van der Waals surface area contributed by atoms with E-state index in [4.69, 9.17) is 0 Å². The highest BCUT2D eigenvalue weighted by Crippen LogP contribution is 2.27. The van der Waals surface area contributed by atoms with Gasteiger partial charge in [-0.05, 0) is 43.0 Å². The third-order valence-electron chi connectivity index (χ3n) is 6.06. The fraction of sp³-hybridized carbons (Fsp3) is 0.133. The Bertz CT molecular complexity index is 1560. The number of carbonyl (C=O) groups excluding carboxylic acids is 1. The fourth-order valence-corrected chi connectivity index (χ4v) is 4.89. The van der Waals surface area contributed by atoms with Crippen LogP contribution in [0.5, 0.6) is 0 Å². The monoisotopic (exact) mass is 520 g/mol. The van der Waals surface area contributed by atoms with Crippen molar-refractivity contribution in [2.75, 3.05) is 5.32 Å². The SMILES string of the molecule is Cc1ccc(C=NNC(=O)[C@H](C)Sc2nnc(CNc3cccc4ccccc34)n2-c2ccccc2)cc1. The molecule has 1 amide bonds. The van der Waals surface area contributed by atoms with Crippen molar-refractivity contribution < 1.29 is 4.79 Å². The lowest BCUT2D eigenvalue weighted by atomic mass is 10.1. The van der Waals surface area contributed by atoms with Gasteiger partial charge in [0.05, 0.1) is 18.0 Å². The van der Waals surface area contributed by atoms with E-state index in [2.05, 4.69) is 50.3 Å². The molecule has 0 radical (unpaired) electrons. The molecule has 0 aliphatic heterocycles. The number of para-hydroxylation sites is 1. The van der Waals surface area contributed by atoms with Crippen LogP contribution < -0.4 is 10.7 Å².